The van der Waals surface area contributed by atoms with Gasteiger partial charge in [-0.1, -0.05) is 26.8 Å². The van der Waals surface area contributed by atoms with Gasteiger partial charge in [0.15, 0.2) is 0 Å². The molecule has 1 aromatic heterocycles. The lowest BCUT2D eigenvalue weighted by Gasteiger charge is -2.23. The second-order valence-corrected chi connectivity index (χ2v) is 6.37. The zero-order valence-electron chi connectivity index (χ0n) is 12.2. The molecule has 1 N–H and O–H groups in total. The van der Waals surface area contributed by atoms with Gasteiger partial charge in [0.25, 0.3) is 0 Å². The molecule has 0 amide bonds. The first-order chi connectivity index (χ1) is 9.44. The van der Waals surface area contributed by atoms with Crippen LogP contribution in [0.25, 0.3) is 11.0 Å². The zero-order valence-corrected chi connectivity index (χ0v) is 12.2. The Morgan fingerprint density at radius 3 is 2.65 bits per heavy atom. The molecule has 1 fully saturated rings. The maximum absolute atomic E-state index is 11.4. The molecule has 0 aliphatic heterocycles. The largest absolute Gasteiger partial charge is 0.475 e. The van der Waals surface area contributed by atoms with Gasteiger partial charge >= 0.3 is 5.97 Å². The molecular weight excluding hydrogens is 252 g/mol. The molecule has 3 nitrogen and oxygen atoms in total. The molecule has 1 aromatic carbocycles. The number of carboxylic acid groups (broad SMARTS) is 1. The molecule has 0 bridgehead atoms. The van der Waals surface area contributed by atoms with Crippen molar-refractivity contribution in [3.63, 3.8) is 0 Å². The van der Waals surface area contributed by atoms with Crippen LogP contribution in [0.1, 0.15) is 67.6 Å². The normalized spacial score (nSPS) is 15.8. The lowest BCUT2D eigenvalue weighted by atomic mass is 9.81. The van der Waals surface area contributed by atoms with E-state index in [1.54, 1.807) is 0 Å². The maximum atomic E-state index is 11.4. The molecule has 0 unspecified atom stereocenters. The molecule has 3 rings (SSSR count). The van der Waals surface area contributed by atoms with Crippen LogP contribution in [0.4, 0.5) is 0 Å². The van der Waals surface area contributed by atoms with E-state index in [0.717, 1.165) is 30.2 Å². The SMILES string of the molecule is CCC(C)(C)c1ccc2oc(C(=O)O)c(C3CC3)c2c1. The Labute approximate surface area is 118 Å². The average Bonchev–Trinajstić information content (AvgIpc) is 3.17. The van der Waals surface area contributed by atoms with E-state index in [1.165, 1.54) is 5.56 Å². The van der Waals surface area contributed by atoms with Crippen LogP contribution in [-0.4, -0.2) is 11.1 Å². The number of aromatic carboxylic acids is 1. The molecule has 2 aromatic rings. The highest BCUT2D eigenvalue weighted by Gasteiger charge is 2.34. The third-order valence-electron chi connectivity index (χ3n) is 4.57. The van der Waals surface area contributed by atoms with E-state index in [0.29, 0.717) is 11.5 Å². The molecule has 106 valence electrons. The summed E-state index contributed by atoms with van der Waals surface area (Å²) in [5, 5.41) is 10.3. The highest BCUT2D eigenvalue weighted by molar-refractivity contribution is 5.96. The van der Waals surface area contributed by atoms with E-state index >= 15 is 0 Å². The second-order valence-electron chi connectivity index (χ2n) is 6.37. The molecule has 0 atom stereocenters. The van der Waals surface area contributed by atoms with Crippen molar-refractivity contribution < 1.29 is 14.3 Å². The number of furan rings is 1. The quantitative estimate of drug-likeness (QED) is 0.878. The summed E-state index contributed by atoms with van der Waals surface area (Å²) >= 11 is 0. The standard InChI is InChI=1S/C17H20O3/c1-4-17(2,3)11-7-8-13-12(9-11)14(10-5-6-10)15(20-13)16(18)19/h7-10H,4-6H2,1-3H3,(H,18,19). The van der Waals surface area contributed by atoms with Crippen LogP contribution in [0.2, 0.25) is 0 Å². The van der Waals surface area contributed by atoms with Gasteiger partial charge in [0.1, 0.15) is 5.58 Å². The number of hydrogen-bond acceptors (Lipinski definition) is 2. The van der Waals surface area contributed by atoms with Crippen molar-refractivity contribution in [3.8, 4) is 0 Å². The van der Waals surface area contributed by atoms with Gasteiger partial charge in [0, 0.05) is 10.9 Å². The van der Waals surface area contributed by atoms with Crippen molar-refractivity contribution in [1.29, 1.82) is 0 Å². The monoisotopic (exact) mass is 272 g/mol. The van der Waals surface area contributed by atoms with Crippen LogP contribution in [0, 0.1) is 0 Å². The molecule has 3 heteroatoms. The minimum atomic E-state index is -0.959. The molecule has 0 radical (unpaired) electrons. The van der Waals surface area contributed by atoms with Crippen LogP contribution in [0.3, 0.4) is 0 Å². The van der Waals surface area contributed by atoms with Gasteiger partial charge in [0.2, 0.25) is 5.76 Å². The van der Waals surface area contributed by atoms with Gasteiger partial charge in [-0.15, -0.1) is 0 Å². The second kappa shape index (κ2) is 4.37. The van der Waals surface area contributed by atoms with Gasteiger partial charge in [-0.2, -0.15) is 0 Å². The van der Waals surface area contributed by atoms with Gasteiger partial charge in [-0.05, 0) is 48.3 Å². The van der Waals surface area contributed by atoms with Crippen molar-refractivity contribution >= 4 is 16.9 Å². The number of hydrogen-bond donors (Lipinski definition) is 1. The molecule has 0 saturated heterocycles. The van der Waals surface area contributed by atoms with Crippen molar-refractivity contribution in [2.24, 2.45) is 0 Å². The van der Waals surface area contributed by atoms with E-state index in [4.69, 9.17) is 4.42 Å². The Bertz CT molecular complexity index is 675. The number of carbonyl (C=O) groups is 1. The lowest BCUT2D eigenvalue weighted by Crippen LogP contribution is -2.15. The third-order valence-corrected chi connectivity index (χ3v) is 4.57. The summed E-state index contributed by atoms with van der Waals surface area (Å²) in [6.45, 7) is 6.59. The lowest BCUT2D eigenvalue weighted by molar-refractivity contribution is 0.0663. The van der Waals surface area contributed by atoms with E-state index in [1.807, 2.05) is 6.07 Å². The third kappa shape index (κ3) is 2.01. The van der Waals surface area contributed by atoms with E-state index in [2.05, 4.69) is 32.9 Å². The van der Waals surface area contributed by atoms with Crippen molar-refractivity contribution in [2.45, 2.75) is 51.4 Å². The Morgan fingerprint density at radius 1 is 1.40 bits per heavy atom. The number of rotatable bonds is 4. The van der Waals surface area contributed by atoms with Crippen molar-refractivity contribution in [1.82, 2.24) is 0 Å². The Morgan fingerprint density at radius 2 is 2.10 bits per heavy atom. The van der Waals surface area contributed by atoms with E-state index < -0.39 is 5.97 Å². The predicted molar refractivity (Wildman–Crippen MR) is 78.5 cm³/mol. The Hall–Kier alpha value is -1.77. The van der Waals surface area contributed by atoms with Gasteiger partial charge in [0.05, 0.1) is 0 Å². The van der Waals surface area contributed by atoms with Gasteiger partial charge in [-0.25, -0.2) is 4.79 Å². The Kier molecular flexibility index (Phi) is 2.89. The molecule has 20 heavy (non-hydrogen) atoms. The minimum absolute atomic E-state index is 0.0929. The summed E-state index contributed by atoms with van der Waals surface area (Å²) in [6, 6.07) is 6.10. The van der Waals surface area contributed by atoms with Crippen molar-refractivity contribution in [2.75, 3.05) is 0 Å². The summed E-state index contributed by atoms with van der Waals surface area (Å²) in [5.41, 5.74) is 2.93. The average molecular weight is 272 g/mol. The zero-order chi connectivity index (χ0) is 14.5. The molecule has 1 aliphatic carbocycles. The van der Waals surface area contributed by atoms with E-state index in [-0.39, 0.29) is 11.2 Å². The predicted octanol–water partition coefficient (Wildman–Crippen LogP) is 4.70. The first-order valence-corrected chi connectivity index (χ1v) is 7.24. The first-order valence-electron chi connectivity index (χ1n) is 7.24. The van der Waals surface area contributed by atoms with Crippen LogP contribution in [0.5, 0.6) is 0 Å². The summed E-state index contributed by atoms with van der Waals surface area (Å²) in [4.78, 5) is 11.4. The molecule has 0 spiro atoms. The summed E-state index contributed by atoms with van der Waals surface area (Å²) < 4.78 is 5.56. The molecule has 1 aliphatic rings. The van der Waals surface area contributed by atoms with Crippen molar-refractivity contribution in [3.05, 3.63) is 35.1 Å². The smallest absolute Gasteiger partial charge is 0.372 e. The highest BCUT2D eigenvalue weighted by Crippen LogP contribution is 2.46. The fourth-order valence-corrected chi connectivity index (χ4v) is 2.68. The fraction of sp³-hybridized carbons (Fsp3) is 0.471. The highest BCUT2D eigenvalue weighted by atomic mass is 16.4. The number of fused-ring (bicyclic) bond motifs is 1. The van der Waals surface area contributed by atoms with Crippen LogP contribution < -0.4 is 0 Å². The number of carboxylic acids is 1. The topological polar surface area (TPSA) is 50.4 Å². The Balaban J connectivity index is 2.22. The number of benzene rings is 1. The van der Waals surface area contributed by atoms with Gasteiger partial charge < -0.3 is 9.52 Å². The van der Waals surface area contributed by atoms with Crippen LogP contribution in [-0.2, 0) is 5.41 Å². The minimum Gasteiger partial charge on any atom is -0.475 e. The first kappa shape index (κ1) is 13.2. The molecule has 1 heterocycles. The van der Waals surface area contributed by atoms with Crippen LogP contribution in [0.15, 0.2) is 22.6 Å². The fourth-order valence-electron chi connectivity index (χ4n) is 2.68. The summed E-state index contributed by atoms with van der Waals surface area (Å²) in [5.74, 6) is -0.462. The van der Waals surface area contributed by atoms with Gasteiger partial charge in [-0.3, -0.25) is 0 Å². The van der Waals surface area contributed by atoms with Crippen LogP contribution >= 0.6 is 0 Å². The maximum Gasteiger partial charge on any atom is 0.372 e. The van der Waals surface area contributed by atoms with E-state index in [9.17, 15) is 9.90 Å². The molecule has 1 saturated carbocycles. The molecular formula is C17H20O3. The summed E-state index contributed by atoms with van der Waals surface area (Å²) in [6.07, 6.45) is 3.17. The summed E-state index contributed by atoms with van der Waals surface area (Å²) in [7, 11) is 0.